The van der Waals surface area contributed by atoms with E-state index in [1.165, 1.54) is 12.1 Å². The number of hydrogen-bond acceptors (Lipinski definition) is 4. The fourth-order valence-electron chi connectivity index (χ4n) is 2.08. The van der Waals surface area contributed by atoms with Crippen LogP contribution >= 0.6 is 11.8 Å². The molecule has 1 aromatic carbocycles. The second-order valence-corrected chi connectivity index (χ2v) is 5.86. The van der Waals surface area contributed by atoms with Crippen molar-refractivity contribution in [1.29, 1.82) is 0 Å². The van der Waals surface area contributed by atoms with E-state index < -0.39 is 5.82 Å². The van der Waals surface area contributed by atoms with Crippen molar-refractivity contribution in [2.24, 2.45) is 0 Å². The first-order chi connectivity index (χ1) is 11.0. The Balaban J connectivity index is 1.69. The van der Waals surface area contributed by atoms with E-state index in [0.29, 0.717) is 16.2 Å². The van der Waals surface area contributed by atoms with Crippen molar-refractivity contribution in [3.8, 4) is 0 Å². The molecule has 23 heavy (non-hydrogen) atoms. The maximum absolute atomic E-state index is 13.5. The number of rotatable bonds is 4. The zero-order valence-electron chi connectivity index (χ0n) is 12.1. The van der Waals surface area contributed by atoms with Crippen molar-refractivity contribution < 1.29 is 9.18 Å². The first-order valence-electron chi connectivity index (χ1n) is 6.80. The fraction of sp³-hybridized carbons (Fsp3) is 0.133. The minimum absolute atomic E-state index is 0.00614. The largest absolute Gasteiger partial charge is 0.353 e. The zero-order valence-corrected chi connectivity index (χ0v) is 13.0. The molecule has 0 spiro atoms. The van der Waals surface area contributed by atoms with Crippen LogP contribution in [-0.4, -0.2) is 26.6 Å². The molecular formula is C15H13FN4O2S. The predicted molar refractivity (Wildman–Crippen MR) is 87.2 cm³/mol. The summed E-state index contributed by atoms with van der Waals surface area (Å²) in [5.74, 6) is -0.874. The quantitative estimate of drug-likeness (QED) is 0.505. The molecule has 0 aliphatic carbocycles. The van der Waals surface area contributed by atoms with Gasteiger partial charge in [-0.25, -0.2) is 9.37 Å². The van der Waals surface area contributed by atoms with Crippen LogP contribution in [0.1, 0.15) is 5.69 Å². The highest BCUT2D eigenvalue weighted by Crippen LogP contribution is 2.17. The average molecular weight is 332 g/mol. The van der Waals surface area contributed by atoms with E-state index in [1.54, 1.807) is 18.2 Å². The van der Waals surface area contributed by atoms with Crippen molar-refractivity contribution in [3.05, 3.63) is 52.2 Å². The van der Waals surface area contributed by atoms with Crippen LogP contribution in [0.15, 0.2) is 40.3 Å². The van der Waals surface area contributed by atoms with E-state index in [0.717, 1.165) is 17.5 Å². The molecule has 0 unspecified atom stereocenters. The lowest BCUT2D eigenvalue weighted by atomic mass is 10.3. The van der Waals surface area contributed by atoms with Crippen LogP contribution in [0.25, 0.3) is 11.0 Å². The van der Waals surface area contributed by atoms with Gasteiger partial charge in [-0.1, -0.05) is 23.9 Å². The summed E-state index contributed by atoms with van der Waals surface area (Å²) >= 11 is 1.08. The molecule has 0 saturated carbocycles. The van der Waals surface area contributed by atoms with Gasteiger partial charge >= 0.3 is 0 Å². The number of aromatic amines is 2. The van der Waals surface area contributed by atoms with Gasteiger partial charge in [-0.3, -0.25) is 14.6 Å². The molecule has 3 N–H and O–H groups in total. The lowest BCUT2D eigenvalue weighted by Crippen LogP contribution is -2.16. The van der Waals surface area contributed by atoms with Crippen LogP contribution < -0.4 is 10.9 Å². The van der Waals surface area contributed by atoms with Crippen LogP contribution in [0, 0.1) is 12.7 Å². The van der Waals surface area contributed by atoms with Crippen LogP contribution in [0.5, 0.6) is 0 Å². The summed E-state index contributed by atoms with van der Waals surface area (Å²) in [5, 5.41) is 2.81. The molecular weight excluding hydrogens is 319 g/mol. The standard InChI is InChI=1S/C15H13FN4O2S/c1-8-6-11-13(17-8)14(22)20-15(19-11)23-7-12(21)18-10-5-3-2-4-9(10)16/h2-6,17H,7H2,1H3,(H,18,21)(H,19,20,22). The zero-order chi connectivity index (χ0) is 16.4. The number of nitrogens with one attached hydrogen (secondary N) is 3. The molecule has 6 nitrogen and oxygen atoms in total. The topological polar surface area (TPSA) is 90.6 Å². The van der Waals surface area contributed by atoms with E-state index in [-0.39, 0.29) is 22.9 Å². The minimum atomic E-state index is -0.499. The Labute approximate surface area is 134 Å². The number of fused-ring (bicyclic) bond motifs is 1. The number of carbonyl (C=O) groups excluding carboxylic acids is 1. The van der Waals surface area contributed by atoms with Gasteiger partial charge in [0, 0.05) is 5.69 Å². The highest BCUT2D eigenvalue weighted by Gasteiger charge is 2.10. The summed E-state index contributed by atoms with van der Waals surface area (Å²) in [6, 6.07) is 7.68. The van der Waals surface area contributed by atoms with E-state index in [1.807, 2.05) is 6.92 Å². The molecule has 0 aliphatic heterocycles. The molecule has 3 rings (SSSR count). The normalized spacial score (nSPS) is 10.9. The number of para-hydroxylation sites is 1. The number of aryl methyl sites for hydroxylation is 1. The monoisotopic (exact) mass is 332 g/mol. The highest BCUT2D eigenvalue weighted by atomic mass is 32.2. The molecule has 0 radical (unpaired) electrons. The molecule has 0 fully saturated rings. The minimum Gasteiger partial charge on any atom is -0.353 e. The Kier molecular flexibility index (Phi) is 4.16. The number of halogens is 1. The van der Waals surface area contributed by atoms with Gasteiger partial charge in [-0.2, -0.15) is 0 Å². The van der Waals surface area contributed by atoms with E-state index in [2.05, 4.69) is 20.3 Å². The third-order valence-corrected chi connectivity index (χ3v) is 3.96. The highest BCUT2D eigenvalue weighted by molar-refractivity contribution is 7.99. The molecule has 1 amide bonds. The summed E-state index contributed by atoms with van der Waals surface area (Å²) in [6.45, 7) is 1.83. The maximum Gasteiger partial charge on any atom is 0.275 e. The fourth-order valence-corrected chi connectivity index (χ4v) is 2.75. The Bertz CT molecular complexity index is 935. The van der Waals surface area contributed by atoms with E-state index in [4.69, 9.17) is 0 Å². The maximum atomic E-state index is 13.5. The average Bonchev–Trinajstić information content (AvgIpc) is 2.89. The van der Waals surface area contributed by atoms with Crippen LogP contribution in [0.4, 0.5) is 10.1 Å². The number of thioether (sulfide) groups is 1. The van der Waals surface area contributed by atoms with E-state index >= 15 is 0 Å². The lowest BCUT2D eigenvalue weighted by molar-refractivity contribution is -0.113. The van der Waals surface area contributed by atoms with Crippen molar-refractivity contribution in [2.45, 2.75) is 12.1 Å². The SMILES string of the molecule is Cc1cc2nc(SCC(=O)Nc3ccccc3F)[nH]c(=O)c2[nH]1. The molecule has 0 bridgehead atoms. The third-order valence-electron chi connectivity index (χ3n) is 3.09. The summed E-state index contributed by atoms with van der Waals surface area (Å²) in [7, 11) is 0. The van der Waals surface area contributed by atoms with Gasteiger partial charge in [0.1, 0.15) is 11.3 Å². The summed E-state index contributed by atoms with van der Waals surface area (Å²) < 4.78 is 13.5. The number of anilines is 1. The van der Waals surface area contributed by atoms with Gasteiger partial charge in [-0.05, 0) is 25.1 Å². The molecule has 3 aromatic rings. The number of aromatic nitrogens is 3. The second kappa shape index (κ2) is 6.25. The van der Waals surface area contributed by atoms with E-state index in [9.17, 15) is 14.0 Å². The first kappa shape index (κ1) is 15.3. The Morgan fingerprint density at radius 2 is 2.13 bits per heavy atom. The molecule has 8 heteroatoms. The van der Waals surface area contributed by atoms with Gasteiger partial charge in [0.15, 0.2) is 5.16 Å². The lowest BCUT2D eigenvalue weighted by Gasteiger charge is -2.05. The number of carbonyl (C=O) groups is 1. The first-order valence-corrected chi connectivity index (χ1v) is 7.78. The number of hydrogen-bond donors (Lipinski definition) is 3. The van der Waals surface area contributed by atoms with Crippen LogP contribution in [-0.2, 0) is 4.79 Å². The van der Waals surface area contributed by atoms with Crippen LogP contribution in [0.3, 0.4) is 0 Å². The number of nitrogens with zero attached hydrogens (tertiary/aromatic N) is 1. The van der Waals surface area contributed by atoms with Crippen molar-refractivity contribution in [3.63, 3.8) is 0 Å². The Hall–Kier alpha value is -2.61. The smallest absolute Gasteiger partial charge is 0.275 e. The Morgan fingerprint density at radius 1 is 1.35 bits per heavy atom. The number of H-pyrrole nitrogens is 2. The number of amides is 1. The van der Waals surface area contributed by atoms with Crippen LogP contribution in [0.2, 0.25) is 0 Å². The summed E-state index contributed by atoms with van der Waals surface area (Å²) in [6.07, 6.45) is 0. The molecule has 0 saturated heterocycles. The number of benzene rings is 1. The molecule has 0 aliphatic rings. The van der Waals surface area contributed by atoms with Crippen molar-refractivity contribution >= 4 is 34.4 Å². The summed E-state index contributed by atoms with van der Waals surface area (Å²) in [4.78, 5) is 33.6. The third kappa shape index (κ3) is 3.42. The van der Waals surface area contributed by atoms with Gasteiger partial charge < -0.3 is 10.3 Å². The molecule has 2 aromatic heterocycles. The van der Waals surface area contributed by atoms with Crippen molar-refractivity contribution in [2.75, 3.05) is 11.1 Å². The van der Waals surface area contributed by atoms with Gasteiger partial charge in [0.05, 0.1) is 17.0 Å². The molecule has 0 atom stereocenters. The van der Waals surface area contributed by atoms with Gasteiger partial charge in [0.25, 0.3) is 5.56 Å². The van der Waals surface area contributed by atoms with Gasteiger partial charge in [0.2, 0.25) is 5.91 Å². The summed E-state index contributed by atoms with van der Waals surface area (Å²) in [5.41, 5.74) is 1.61. The second-order valence-electron chi connectivity index (χ2n) is 4.90. The molecule has 2 heterocycles. The van der Waals surface area contributed by atoms with Crippen molar-refractivity contribution in [1.82, 2.24) is 15.0 Å². The Morgan fingerprint density at radius 3 is 2.91 bits per heavy atom. The van der Waals surface area contributed by atoms with Gasteiger partial charge in [-0.15, -0.1) is 0 Å². The molecule has 118 valence electrons. The predicted octanol–water partition coefficient (Wildman–Crippen LogP) is 2.43.